The van der Waals surface area contributed by atoms with E-state index in [0.29, 0.717) is 30.4 Å². The van der Waals surface area contributed by atoms with E-state index in [2.05, 4.69) is 25.7 Å². The molecule has 0 spiro atoms. The SMILES string of the molecule is N#Cc1cccc(OCCNC(=O)c2ccc(NC3=NCCN3)cc2OC(=O)C(F)(F)F)c1. The van der Waals surface area contributed by atoms with Crippen LogP contribution in [0.5, 0.6) is 11.5 Å². The summed E-state index contributed by atoms with van der Waals surface area (Å²) < 4.78 is 48.0. The van der Waals surface area contributed by atoms with E-state index >= 15 is 0 Å². The summed E-state index contributed by atoms with van der Waals surface area (Å²) in [7, 11) is 0. The molecule has 2 aromatic carbocycles. The number of esters is 1. The molecular formula is C21H18F3N5O4. The number of carbonyl (C=O) groups is 2. The molecule has 2 aromatic rings. The summed E-state index contributed by atoms with van der Waals surface area (Å²) in [6.07, 6.45) is -5.24. The molecule has 1 heterocycles. The van der Waals surface area contributed by atoms with Crippen molar-refractivity contribution in [1.82, 2.24) is 10.6 Å². The van der Waals surface area contributed by atoms with Crippen LogP contribution in [-0.4, -0.2) is 50.3 Å². The molecule has 0 bridgehead atoms. The van der Waals surface area contributed by atoms with Crippen LogP contribution in [0.1, 0.15) is 15.9 Å². The van der Waals surface area contributed by atoms with Crippen molar-refractivity contribution >= 4 is 23.5 Å². The Labute approximate surface area is 186 Å². The number of guanidine groups is 1. The molecule has 9 nitrogen and oxygen atoms in total. The first-order valence-corrected chi connectivity index (χ1v) is 9.66. The first-order chi connectivity index (χ1) is 15.8. The van der Waals surface area contributed by atoms with Gasteiger partial charge in [0, 0.05) is 18.3 Å². The average molecular weight is 461 g/mol. The minimum atomic E-state index is -5.24. The first kappa shape index (κ1) is 23.4. The fourth-order valence-corrected chi connectivity index (χ4v) is 2.73. The second-order valence-electron chi connectivity index (χ2n) is 6.62. The maximum absolute atomic E-state index is 12.7. The molecule has 0 fully saturated rings. The molecular weight excluding hydrogens is 443 g/mol. The summed E-state index contributed by atoms with van der Waals surface area (Å²) in [6, 6.07) is 12.1. The predicted octanol–water partition coefficient (Wildman–Crippen LogP) is 2.21. The molecule has 12 heteroatoms. The zero-order valence-corrected chi connectivity index (χ0v) is 17.0. The van der Waals surface area contributed by atoms with E-state index in [9.17, 15) is 22.8 Å². The summed E-state index contributed by atoms with van der Waals surface area (Å²) in [5, 5.41) is 17.1. The molecule has 0 aromatic heterocycles. The third kappa shape index (κ3) is 6.60. The fraction of sp³-hybridized carbons (Fsp3) is 0.238. The van der Waals surface area contributed by atoms with Gasteiger partial charge in [0.05, 0.1) is 30.3 Å². The number of alkyl halides is 3. The lowest BCUT2D eigenvalue weighted by atomic mass is 10.1. The van der Waals surface area contributed by atoms with E-state index in [1.54, 1.807) is 18.2 Å². The second kappa shape index (κ2) is 10.4. The number of hydrogen-bond acceptors (Lipinski definition) is 8. The quantitative estimate of drug-likeness (QED) is 0.328. The fourth-order valence-electron chi connectivity index (χ4n) is 2.73. The minimum absolute atomic E-state index is 0.00298. The van der Waals surface area contributed by atoms with E-state index in [0.717, 1.165) is 6.07 Å². The molecule has 1 aliphatic rings. The predicted molar refractivity (Wildman–Crippen MR) is 111 cm³/mol. The molecule has 0 radical (unpaired) electrons. The number of benzene rings is 2. The van der Waals surface area contributed by atoms with Crippen LogP contribution in [0.15, 0.2) is 47.5 Å². The standard InChI is InChI=1S/C21H18F3N5O4/c22-21(23,24)19(31)33-17-11-14(29-20-27-6-7-28-20)4-5-16(17)18(30)26-8-9-32-15-3-1-2-13(10-15)12-25/h1-5,10-11H,6-9H2,(H,26,30)(H2,27,28,29). The summed E-state index contributed by atoms with van der Waals surface area (Å²) in [4.78, 5) is 28.0. The van der Waals surface area contributed by atoms with Gasteiger partial charge in [-0.2, -0.15) is 18.4 Å². The van der Waals surface area contributed by atoms with E-state index in [1.165, 1.54) is 18.2 Å². The Morgan fingerprint density at radius 3 is 2.73 bits per heavy atom. The molecule has 172 valence electrons. The van der Waals surface area contributed by atoms with Gasteiger partial charge in [0.15, 0.2) is 5.96 Å². The molecule has 0 aliphatic carbocycles. The largest absolute Gasteiger partial charge is 0.492 e. The van der Waals surface area contributed by atoms with Crippen molar-refractivity contribution in [3.63, 3.8) is 0 Å². The molecule has 1 amide bonds. The summed E-state index contributed by atoms with van der Waals surface area (Å²) >= 11 is 0. The molecule has 1 aliphatic heterocycles. The van der Waals surface area contributed by atoms with E-state index in [4.69, 9.17) is 10.00 Å². The topological polar surface area (TPSA) is 125 Å². The zero-order valence-electron chi connectivity index (χ0n) is 17.0. The monoisotopic (exact) mass is 461 g/mol. The van der Waals surface area contributed by atoms with Crippen molar-refractivity contribution in [3.05, 3.63) is 53.6 Å². The van der Waals surface area contributed by atoms with Crippen LogP contribution < -0.4 is 25.4 Å². The highest BCUT2D eigenvalue weighted by Gasteiger charge is 2.42. The highest BCUT2D eigenvalue weighted by Crippen LogP contribution is 2.27. The normalized spacial score (nSPS) is 12.7. The molecule has 33 heavy (non-hydrogen) atoms. The van der Waals surface area contributed by atoms with Crippen molar-refractivity contribution in [1.29, 1.82) is 5.26 Å². The van der Waals surface area contributed by atoms with Gasteiger partial charge < -0.3 is 25.4 Å². The highest BCUT2D eigenvalue weighted by molar-refractivity contribution is 6.00. The van der Waals surface area contributed by atoms with E-state index in [1.807, 2.05) is 6.07 Å². The van der Waals surface area contributed by atoms with Gasteiger partial charge >= 0.3 is 12.1 Å². The Kier molecular flexibility index (Phi) is 7.34. The number of carbonyl (C=O) groups excluding carboxylic acids is 2. The van der Waals surface area contributed by atoms with Gasteiger partial charge in [0.2, 0.25) is 0 Å². The average Bonchev–Trinajstić information content (AvgIpc) is 3.29. The number of nitrogens with one attached hydrogen (secondary N) is 3. The number of nitriles is 1. The van der Waals surface area contributed by atoms with Crippen LogP contribution in [0.2, 0.25) is 0 Å². The molecule has 3 N–H and O–H groups in total. The summed E-state index contributed by atoms with van der Waals surface area (Å²) in [6.45, 7) is 1.16. The van der Waals surface area contributed by atoms with Gasteiger partial charge in [-0.25, -0.2) is 4.79 Å². The first-order valence-electron chi connectivity index (χ1n) is 9.66. The van der Waals surface area contributed by atoms with Gasteiger partial charge in [-0.15, -0.1) is 0 Å². The van der Waals surface area contributed by atoms with Gasteiger partial charge in [0.25, 0.3) is 5.91 Å². The number of ether oxygens (including phenoxy) is 2. The number of anilines is 1. The number of hydrogen-bond donors (Lipinski definition) is 3. The van der Waals surface area contributed by atoms with Crippen LogP contribution in [0.25, 0.3) is 0 Å². The molecule has 3 rings (SSSR count). The zero-order chi connectivity index (χ0) is 23.8. The van der Waals surface area contributed by atoms with Gasteiger partial charge in [-0.1, -0.05) is 6.07 Å². The maximum atomic E-state index is 12.7. The van der Waals surface area contributed by atoms with Crippen LogP contribution in [0.3, 0.4) is 0 Å². The minimum Gasteiger partial charge on any atom is -0.492 e. The maximum Gasteiger partial charge on any atom is 0.491 e. The Bertz CT molecular complexity index is 1110. The molecule has 0 unspecified atom stereocenters. The van der Waals surface area contributed by atoms with Crippen LogP contribution >= 0.6 is 0 Å². The Balaban J connectivity index is 1.67. The number of halogens is 3. The summed E-state index contributed by atoms with van der Waals surface area (Å²) in [5.74, 6) is -2.97. The third-order valence-corrected chi connectivity index (χ3v) is 4.22. The van der Waals surface area contributed by atoms with E-state index in [-0.39, 0.29) is 24.4 Å². The Morgan fingerprint density at radius 2 is 2.03 bits per heavy atom. The van der Waals surface area contributed by atoms with Crippen LogP contribution in [0.4, 0.5) is 18.9 Å². The number of rotatable bonds is 7. The lowest BCUT2D eigenvalue weighted by Crippen LogP contribution is -2.31. The van der Waals surface area contributed by atoms with Gasteiger partial charge in [-0.05, 0) is 30.3 Å². The van der Waals surface area contributed by atoms with Gasteiger partial charge in [0.1, 0.15) is 18.1 Å². The van der Waals surface area contributed by atoms with Crippen molar-refractivity contribution in [2.75, 3.05) is 31.6 Å². The highest BCUT2D eigenvalue weighted by atomic mass is 19.4. The Hall–Kier alpha value is -4.27. The lowest BCUT2D eigenvalue weighted by molar-refractivity contribution is -0.189. The van der Waals surface area contributed by atoms with Crippen LogP contribution in [-0.2, 0) is 4.79 Å². The van der Waals surface area contributed by atoms with Crippen molar-refractivity contribution in [2.24, 2.45) is 4.99 Å². The number of nitrogens with zero attached hydrogens (tertiary/aromatic N) is 2. The lowest BCUT2D eigenvalue weighted by Gasteiger charge is -2.14. The second-order valence-corrected chi connectivity index (χ2v) is 6.62. The summed E-state index contributed by atoms with van der Waals surface area (Å²) in [5.41, 5.74) is 0.399. The molecule has 0 saturated carbocycles. The number of aliphatic imine (C=N–C) groups is 1. The van der Waals surface area contributed by atoms with E-state index < -0.39 is 23.8 Å². The van der Waals surface area contributed by atoms with Crippen molar-refractivity contribution in [2.45, 2.75) is 6.18 Å². The molecule has 0 atom stereocenters. The number of amides is 1. The smallest absolute Gasteiger partial charge is 0.491 e. The van der Waals surface area contributed by atoms with Crippen LogP contribution in [0, 0.1) is 11.3 Å². The van der Waals surface area contributed by atoms with Crippen molar-refractivity contribution < 1.29 is 32.2 Å². The molecule has 0 saturated heterocycles. The third-order valence-electron chi connectivity index (χ3n) is 4.22. The van der Waals surface area contributed by atoms with Crippen molar-refractivity contribution in [3.8, 4) is 17.6 Å². The van der Waals surface area contributed by atoms with Gasteiger partial charge in [-0.3, -0.25) is 9.79 Å². The Morgan fingerprint density at radius 1 is 1.21 bits per heavy atom.